The molecule has 1 amide bonds. The van der Waals surface area contributed by atoms with Crippen molar-refractivity contribution in [2.45, 2.75) is 32.0 Å². The van der Waals surface area contributed by atoms with Crippen LogP contribution in [0, 0.1) is 0 Å². The summed E-state index contributed by atoms with van der Waals surface area (Å²) in [4.78, 5) is 14.6. The van der Waals surface area contributed by atoms with Gasteiger partial charge in [0.15, 0.2) is 0 Å². The summed E-state index contributed by atoms with van der Waals surface area (Å²) < 4.78 is 0. The Morgan fingerprint density at radius 1 is 1.17 bits per heavy atom. The van der Waals surface area contributed by atoms with E-state index in [0.29, 0.717) is 23.3 Å². The molecule has 0 bridgehead atoms. The monoisotopic (exact) mass is 344 g/mol. The fourth-order valence-electron chi connectivity index (χ4n) is 2.67. The number of nitrogens with one attached hydrogen (secondary N) is 1. The summed E-state index contributed by atoms with van der Waals surface area (Å²) in [5.74, 6) is 0.0619. The van der Waals surface area contributed by atoms with Crippen LogP contribution < -0.4 is 5.32 Å². The molecule has 0 atom stereocenters. The van der Waals surface area contributed by atoms with Crippen LogP contribution in [0.15, 0.2) is 48.5 Å². The molecule has 0 spiro atoms. The van der Waals surface area contributed by atoms with Crippen LogP contribution in [0.2, 0.25) is 5.02 Å². The van der Waals surface area contributed by atoms with E-state index in [0.717, 1.165) is 24.0 Å². The number of carbonyl (C=O) groups excluding carboxylic acids is 1. The third kappa shape index (κ3) is 4.28. The highest BCUT2D eigenvalue weighted by atomic mass is 35.5. The molecule has 0 saturated heterocycles. The fourth-order valence-corrected chi connectivity index (χ4v) is 2.85. The van der Waals surface area contributed by atoms with Gasteiger partial charge in [-0.25, -0.2) is 0 Å². The highest BCUT2D eigenvalue weighted by Gasteiger charge is 2.32. The van der Waals surface area contributed by atoms with Crippen LogP contribution in [0.4, 0.5) is 5.69 Å². The Balaban J connectivity index is 1.64. The highest BCUT2D eigenvalue weighted by molar-refractivity contribution is 6.33. The number of aliphatic hydroxyl groups excluding tert-OH is 1. The summed E-state index contributed by atoms with van der Waals surface area (Å²) >= 11 is 6.15. The first kappa shape index (κ1) is 16.8. The van der Waals surface area contributed by atoms with Crippen LogP contribution in [0.3, 0.4) is 0 Å². The molecule has 2 aromatic carbocycles. The Kier molecular flexibility index (Phi) is 5.38. The first-order valence-electron chi connectivity index (χ1n) is 8.14. The van der Waals surface area contributed by atoms with Crippen molar-refractivity contribution in [2.24, 2.45) is 0 Å². The second-order valence-corrected chi connectivity index (χ2v) is 6.47. The van der Waals surface area contributed by atoms with Crippen molar-refractivity contribution in [3.8, 4) is 0 Å². The molecule has 4 nitrogen and oxygen atoms in total. The predicted octanol–water partition coefficient (Wildman–Crippen LogP) is 3.44. The zero-order valence-electron chi connectivity index (χ0n) is 13.4. The second-order valence-electron chi connectivity index (χ2n) is 6.06. The maximum Gasteiger partial charge on any atom is 0.242 e. The lowest BCUT2D eigenvalue weighted by Crippen LogP contribution is -2.36. The van der Waals surface area contributed by atoms with Gasteiger partial charge in [-0.15, -0.1) is 0 Å². The number of amides is 1. The fraction of sp³-hybridized carbons (Fsp3) is 0.316. The lowest BCUT2D eigenvalue weighted by atomic mass is 10.2. The largest absolute Gasteiger partial charge is 0.392 e. The molecule has 1 aliphatic rings. The Morgan fingerprint density at radius 3 is 2.58 bits per heavy atom. The van der Waals surface area contributed by atoms with Gasteiger partial charge in [0.1, 0.15) is 0 Å². The normalized spacial score (nSPS) is 13.6. The molecule has 0 unspecified atom stereocenters. The minimum Gasteiger partial charge on any atom is -0.392 e. The summed E-state index contributed by atoms with van der Waals surface area (Å²) in [6.07, 6.45) is 2.14. The van der Waals surface area contributed by atoms with E-state index >= 15 is 0 Å². The molecule has 3 rings (SSSR count). The number of nitrogens with zero attached hydrogens (tertiary/aromatic N) is 1. The number of anilines is 1. The number of aliphatic hydroxyl groups is 1. The summed E-state index contributed by atoms with van der Waals surface area (Å²) in [6, 6.07) is 15.6. The molecule has 1 fully saturated rings. The zero-order chi connectivity index (χ0) is 16.9. The second kappa shape index (κ2) is 7.69. The summed E-state index contributed by atoms with van der Waals surface area (Å²) in [5, 5.41) is 12.9. The van der Waals surface area contributed by atoms with Gasteiger partial charge in [0.25, 0.3) is 0 Å². The lowest BCUT2D eigenvalue weighted by Gasteiger charge is -2.23. The van der Waals surface area contributed by atoms with Gasteiger partial charge < -0.3 is 15.3 Å². The van der Waals surface area contributed by atoms with Crippen molar-refractivity contribution in [2.75, 3.05) is 11.9 Å². The number of hydrogen-bond acceptors (Lipinski definition) is 3. The van der Waals surface area contributed by atoms with E-state index in [-0.39, 0.29) is 19.1 Å². The van der Waals surface area contributed by atoms with Gasteiger partial charge in [0, 0.05) is 12.6 Å². The Labute approximate surface area is 147 Å². The molecule has 1 aliphatic carbocycles. The summed E-state index contributed by atoms with van der Waals surface area (Å²) in [6.45, 7) is 0.774. The Morgan fingerprint density at radius 2 is 1.92 bits per heavy atom. The first-order valence-corrected chi connectivity index (χ1v) is 8.51. The molecule has 24 heavy (non-hydrogen) atoms. The van der Waals surface area contributed by atoms with Gasteiger partial charge in [-0.2, -0.15) is 0 Å². The summed E-state index contributed by atoms with van der Waals surface area (Å²) in [7, 11) is 0. The van der Waals surface area contributed by atoms with Gasteiger partial charge >= 0.3 is 0 Å². The molecule has 0 aliphatic heterocycles. The first-order chi connectivity index (χ1) is 11.7. The van der Waals surface area contributed by atoms with Crippen molar-refractivity contribution in [3.63, 3.8) is 0 Å². The van der Waals surface area contributed by atoms with E-state index < -0.39 is 0 Å². The van der Waals surface area contributed by atoms with E-state index in [9.17, 15) is 9.90 Å². The standard InChI is InChI=1S/C19H21ClN2O2/c20-17-9-6-15(13-23)10-18(17)21-11-19(24)22(16-7-8-16)12-14-4-2-1-3-5-14/h1-6,9-10,16,21,23H,7-8,11-13H2. The highest BCUT2D eigenvalue weighted by Crippen LogP contribution is 2.29. The van der Waals surface area contributed by atoms with Crippen LogP contribution in [-0.4, -0.2) is 28.5 Å². The van der Waals surface area contributed by atoms with Gasteiger partial charge in [0.2, 0.25) is 5.91 Å². The van der Waals surface area contributed by atoms with E-state index in [1.165, 1.54) is 0 Å². The average molecular weight is 345 g/mol. The molecule has 0 aromatic heterocycles. The molecular formula is C19H21ClN2O2. The van der Waals surface area contributed by atoms with Crippen molar-refractivity contribution in [1.29, 1.82) is 0 Å². The van der Waals surface area contributed by atoms with Crippen molar-refractivity contribution in [3.05, 3.63) is 64.7 Å². The molecule has 126 valence electrons. The number of hydrogen-bond donors (Lipinski definition) is 2. The average Bonchev–Trinajstić information content (AvgIpc) is 3.44. The van der Waals surface area contributed by atoms with Crippen LogP contribution in [-0.2, 0) is 17.9 Å². The van der Waals surface area contributed by atoms with Gasteiger partial charge in [-0.1, -0.05) is 48.0 Å². The minimum absolute atomic E-state index is 0.0536. The van der Waals surface area contributed by atoms with E-state index in [1.54, 1.807) is 18.2 Å². The summed E-state index contributed by atoms with van der Waals surface area (Å²) in [5.41, 5.74) is 2.57. The maximum absolute atomic E-state index is 12.6. The topological polar surface area (TPSA) is 52.6 Å². The smallest absolute Gasteiger partial charge is 0.242 e. The Bertz CT molecular complexity index is 702. The molecule has 2 N–H and O–H groups in total. The third-order valence-corrected chi connectivity index (χ3v) is 4.48. The van der Waals surface area contributed by atoms with E-state index in [2.05, 4.69) is 5.32 Å². The molecule has 5 heteroatoms. The van der Waals surface area contributed by atoms with Crippen molar-refractivity contribution < 1.29 is 9.90 Å². The molecule has 2 aromatic rings. The molecule has 0 radical (unpaired) electrons. The molecule has 0 heterocycles. The van der Waals surface area contributed by atoms with Crippen LogP contribution in [0.25, 0.3) is 0 Å². The molecular weight excluding hydrogens is 324 g/mol. The third-order valence-electron chi connectivity index (χ3n) is 4.15. The van der Waals surface area contributed by atoms with Gasteiger partial charge in [-0.3, -0.25) is 4.79 Å². The number of benzene rings is 2. The van der Waals surface area contributed by atoms with E-state index in [1.807, 2.05) is 35.2 Å². The minimum atomic E-state index is -0.0536. The van der Waals surface area contributed by atoms with Gasteiger partial charge in [-0.05, 0) is 36.1 Å². The van der Waals surface area contributed by atoms with Crippen molar-refractivity contribution >= 4 is 23.2 Å². The lowest BCUT2D eigenvalue weighted by molar-refractivity contribution is -0.130. The Hall–Kier alpha value is -2.04. The molecule has 1 saturated carbocycles. The SMILES string of the molecule is O=C(CNc1cc(CO)ccc1Cl)N(Cc1ccccc1)C1CC1. The zero-order valence-corrected chi connectivity index (χ0v) is 14.2. The van der Waals surface area contributed by atoms with Crippen LogP contribution >= 0.6 is 11.6 Å². The van der Waals surface area contributed by atoms with E-state index in [4.69, 9.17) is 11.6 Å². The quantitative estimate of drug-likeness (QED) is 0.809. The maximum atomic E-state index is 12.6. The predicted molar refractivity (Wildman–Crippen MR) is 95.9 cm³/mol. The number of carbonyl (C=O) groups is 1. The number of rotatable bonds is 7. The number of halogens is 1. The van der Waals surface area contributed by atoms with Gasteiger partial charge in [0.05, 0.1) is 23.9 Å². The van der Waals surface area contributed by atoms with Crippen LogP contribution in [0.5, 0.6) is 0 Å². The van der Waals surface area contributed by atoms with Crippen molar-refractivity contribution in [1.82, 2.24) is 4.90 Å². The van der Waals surface area contributed by atoms with Crippen LogP contribution in [0.1, 0.15) is 24.0 Å².